The second-order valence-corrected chi connectivity index (χ2v) is 4.74. The number of hydrogen-bond donors (Lipinski definition) is 3. The van der Waals surface area contributed by atoms with Gasteiger partial charge in [0.15, 0.2) is 0 Å². The Morgan fingerprint density at radius 3 is 2.67 bits per heavy atom. The molecule has 0 saturated carbocycles. The van der Waals surface area contributed by atoms with Crippen molar-refractivity contribution in [1.29, 1.82) is 0 Å². The summed E-state index contributed by atoms with van der Waals surface area (Å²) >= 11 is 0. The first-order valence-electron chi connectivity index (χ1n) is 6.30. The van der Waals surface area contributed by atoms with Gasteiger partial charge in [-0.15, -0.1) is 0 Å². The highest BCUT2D eigenvalue weighted by Crippen LogP contribution is 2.17. The van der Waals surface area contributed by atoms with Gasteiger partial charge >= 0.3 is 0 Å². The van der Waals surface area contributed by atoms with Crippen LogP contribution >= 0.6 is 0 Å². The summed E-state index contributed by atoms with van der Waals surface area (Å²) in [6.45, 7) is 6.52. The van der Waals surface area contributed by atoms with E-state index in [0.717, 1.165) is 5.56 Å². The molecule has 18 heavy (non-hydrogen) atoms. The van der Waals surface area contributed by atoms with Crippen LogP contribution < -0.4 is 10.6 Å². The summed E-state index contributed by atoms with van der Waals surface area (Å²) in [6, 6.07) is 7.43. The van der Waals surface area contributed by atoms with E-state index < -0.39 is 0 Å². The van der Waals surface area contributed by atoms with Crippen molar-refractivity contribution < 1.29 is 9.90 Å². The Labute approximate surface area is 108 Å². The topological polar surface area (TPSA) is 61.4 Å². The maximum atomic E-state index is 11.4. The smallest absolute Gasteiger partial charge is 0.221 e. The van der Waals surface area contributed by atoms with Crippen molar-refractivity contribution in [2.75, 3.05) is 6.54 Å². The fourth-order valence-corrected chi connectivity index (χ4v) is 1.71. The highest BCUT2D eigenvalue weighted by Gasteiger charge is 2.07. The number of rotatable bonds is 6. The van der Waals surface area contributed by atoms with Gasteiger partial charge in [-0.25, -0.2) is 0 Å². The lowest BCUT2D eigenvalue weighted by Crippen LogP contribution is -2.33. The number of hydrogen-bond acceptors (Lipinski definition) is 3. The third-order valence-corrected chi connectivity index (χ3v) is 2.62. The average Bonchev–Trinajstić information content (AvgIpc) is 2.27. The van der Waals surface area contributed by atoms with Gasteiger partial charge in [-0.3, -0.25) is 4.79 Å². The second-order valence-electron chi connectivity index (χ2n) is 4.74. The zero-order chi connectivity index (χ0) is 13.5. The number of phenolic OH excluding ortho intramolecular Hbond substituents is 1. The van der Waals surface area contributed by atoms with E-state index in [4.69, 9.17) is 0 Å². The van der Waals surface area contributed by atoms with E-state index in [-0.39, 0.29) is 23.7 Å². The molecule has 0 bridgehead atoms. The molecule has 4 heteroatoms. The van der Waals surface area contributed by atoms with Crippen LogP contribution in [-0.2, 0) is 4.79 Å². The van der Waals surface area contributed by atoms with Crippen molar-refractivity contribution in [2.45, 2.75) is 39.3 Å². The van der Waals surface area contributed by atoms with Gasteiger partial charge in [-0.1, -0.05) is 12.1 Å². The predicted octanol–water partition coefficient (Wildman–Crippen LogP) is 1.96. The molecule has 4 nitrogen and oxygen atoms in total. The second kappa shape index (κ2) is 7.01. The highest BCUT2D eigenvalue weighted by atomic mass is 16.3. The number of amides is 1. The first-order chi connectivity index (χ1) is 8.49. The standard InChI is InChI=1S/C14H22N2O2/c1-10(2)16-14(18)7-8-15-11(3)12-5-4-6-13(17)9-12/h4-6,9-11,15,17H,7-8H2,1-3H3,(H,16,18). The maximum absolute atomic E-state index is 11.4. The fourth-order valence-electron chi connectivity index (χ4n) is 1.71. The van der Waals surface area contributed by atoms with E-state index in [2.05, 4.69) is 10.6 Å². The lowest BCUT2D eigenvalue weighted by molar-refractivity contribution is -0.121. The molecule has 3 N–H and O–H groups in total. The van der Waals surface area contributed by atoms with Gasteiger partial charge < -0.3 is 15.7 Å². The van der Waals surface area contributed by atoms with Crippen molar-refractivity contribution in [3.05, 3.63) is 29.8 Å². The van der Waals surface area contributed by atoms with Crippen LogP contribution in [0.3, 0.4) is 0 Å². The SMILES string of the molecule is CC(C)NC(=O)CCNC(C)c1cccc(O)c1. The van der Waals surface area contributed by atoms with Crippen LogP contribution in [0.1, 0.15) is 38.8 Å². The molecule has 100 valence electrons. The van der Waals surface area contributed by atoms with E-state index in [1.807, 2.05) is 32.9 Å². The molecule has 1 aromatic carbocycles. The Bertz CT molecular complexity index is 391. The van der Waals surface area contributed by atoms with E-state index in [9.17, 15) is 9.90 Å². The third kappa shape index (κ3) is 5.19. The van der Waals surface area contributed by atoms with E-state index >= 15 is 0 Å². The normalized spacial score (nSPS) is 12.4. The summed E-state index contributed by atoms with van der Waals surface area (Å²) in [7, 11) is 0. The molecule has 1 amide bonds. The molecule has 1 aromatic rings. The zero-order valence-electron chi connectivity index (χ0n) is 11.2. The first-order valence-corrected chi connectivity index (χ1v) is 6.30. The molecule has 0 spiro atoms. The predicted molar refractivity (Wildman–Crippen MR) is 72.4 cm³/mol. The van der Waals surface area contributed by atoms with Gasteiger partial charge in [-0.2, -0.15) is 0 Å². The number of aromatic hydroxyl groups is 1. The minimum Gasteiger partial charge on any atom is -0.508 e. The maximum Gasteiger partial charge on any atom is 0.221 e. The Balaban J connectivity index is 2.33. The molecular weight excluding hydrogens is 228 g/mol. The fraction of sp³-hybridized carbons (Fsp3) is 0.500. The molecule has 0 saturated heterocycles. The average molecular weight is 250 g/mol. The molecule has 1 unspecified atom stereocenters. The molecule has 1 rings (SSSR count). The van der Waals surface area contributed by atoms with E-state index in [1.165, 1.54) is 0 Å². The van der Waals surface area contributed by atoms with Crippen molar-refractivity contribution in [3.63, 3.8) is 0 Å². The Hall–Kier alpha value is -1.55. The van der Waals surface area contributed by atoms with Gasteiger partial charge in [0.2, 0.25) is 5.91 Å². The molecule has 0 aliphatic heterocycles. The molecular formula is C14H22N2O2. The van der Waals surface area contributed by atoms with Crippen molar-refractivity contribution in [1.82, 2.24) is 10.6 Å². The summed E-state index contributed by atoms with van der Waals surface area (Å²) in [4.78, 5) is 11.4. The summed E-state index contributed by atoms with van der Waals surface area (Å²) in [5, 5.41) is 15.5. The first kappa shape index (κ1) is 14.5. The van der Waals surface area contributed by atoms with E-state index in [0.29, 0.717) is 13.0 Å². The van der Waals surface area contributed by atoms with Crippen LogP contribution in [0.4, 0.5) is 0 Å². The van der Waals surface area contributed by atoms with Gasteiger partial charge in [0.05, 0.1) is 0 Å². The number of nitrogens with one attached hydrogen (secondary N) is 2. The summed E-state index contributed by atoms with van der Waals surface area (Å²) in [6.07, 6.45) is 0.460. The summed E-state index contributed by atoms with van der Waals surface area (Å²) < 4.78 is 0. The molecule has 0 radical (unpaired) electrons. The Morgan fingerprint density at radius 1 is 1.33 bits per heavy atom. The molecule has 0 aromatic heterocycles. The van der Waals surface area contributed by atoms with Gasteiger partial charge in [0, 0.05) is 25.0 Å². The number of phenols is 1. The lowest BCUT2D eigenvalue weighted by atomic mass is 10.1. The quantitative estimate of drug-likeness (QED) is 0.723. The number of carbonyl (C=O) groups excluding carboxylic acids is 1. The molecule has 0 aliphatic carbocycles. The van der Waals surface area contributed by atoms with Gasteiger partial charge in [0.1, 0.15) is 5.75 Å². The van der Waals surface area contributed by atoms with Crippen molar-refractivity contribution in [3.8, 4) is 5.75 Å². The molecule has 0 aliphatic rings. The third-order valence-electron chi connectivity index (χ3n) is 2.62. The minimum atomic E-state index is 0.0561. The molecule has 1 atom stereocenters. The van der Waals surface area contributed by atoms with Crippen LogP contribution in [0.25, 0.3) is 0 Å². The van der Waals surface area contributed by atoms with Crippen molar-refractivity contribution in [2.24, 2.45) is 0 Å². The molecule has 0 fully saturated rings. The summed E-state index contributed by atoms with van der Waals surface area (Å²) in [5.74, 6) is 0.319. The van der Waals surface area contributed by atoms with Gasteiger partial charge in [0.25, 0.3) is 0 Å². The van der Waals surface area contributed by atoms with Crippen molar-refractivity contribution >= 4 is 5.91 Å². The summed E-state index contributed by atoms with van der Waals surface area (Å²) in [5.41, 5.74) is 1.01. The van der Waals surface area contributed by atoms with Crippen LogP contribution in [0.15, 0.2) is 24.3 Å². The minimum absolute atomic E-state index is 0.0561. The Morgan fingerprint density at radius 2 is 2.06 bits per heavy atom. The van der Waals surface area contributed by atoms with Crippen LogP contribution in [-0.4, -0.2) is 23.6 Å². The lowest BCUT2D eigenvalue weighted by Gasteiger charge is -2.15. The van der Waals surface area contributed by atoms with Crippen LogP contribution in [0, 0.1) is 0 Å². The highest BCUT2D eigenvalue weighted by molar-refractivity contribution is 5.76. The Kier molecular flexibility index (Phi) is 5.65. The van der Waals surface area contributed by atoms with Crippen LogP contribution in [0.2, 0.25) is 0 Å². The van der Waals surface area contributed by atoms with Crippen LogP contribution in [0.5, 0.6) is 5.75 Å². The zero-order valence-corrected chi connectivity index (χ0v) is 11.2. The largest absolute Gasteiger partial charge is 0.508 e. The molecule has 0 heterocycles. The number of carbonyl (C=O) groups is 1. The number of benzene rings is 1. The van der Waals surface area contributed by atoms with E-state index in [1.54, 1.807) is 12.1 Å². The monoisotopic (exact) mass is 250 g/mol. The van der Waals surface area contributed by atoms with Gasteiger partial charge in [-0.05, 0) is 38.5 Å².